The maximum absolute atomic E-state index is 11.9. The molecule has 0 aliphatic carbocycles. The lowest BCUT2D eigenvalue weighted by atomic mass is 10.4. The molecule has 0 radical (unpaired) electrons. The Bertz CT molecular complexity index is 320. The highest BCUT2D eigenvalue weighted by atomic mass is 19.3. The van der Waals surface area contributed by atoms with Crippen LogP contribution in [0.25, 0.3) is 0 Å². The van der Waals surface area contributed by atoms with Crippen LogP contribution in [-0.2, 0) is 0 Å². The lowest BCUT2D eigenvalue weighted by molar-refractivity contribution is 0.0795. The van der Waals surface area contributed by atoms with Crippen LogP contribution in [0.1, 0.15) is 12.6 Å². The molecule has 1 rings (SSSR count). The Labute approximate surface area is 86.7 Å². The summed E-state index contributed by atoms with van der Waals surface area (Å²) in [4.78, 5) is 7.98. The third-order valence-corrected chi connectivity index (χ3v) is 1.52. The van der Waals surface area contributed by atoms with Gasteiger partial charge in [-0.15, -0.1) is 0 Å². The number of ether oxygens (including phenoxy) is 1. The summed E-state index contributed by atoms with van der Waals surface area (Å²) in [6, 6.07) is 1.52. The van der Waals surface area contributed by atoms with Gasteiger partial charge in [0.15, 0.2) is 6.61 Å². The molecule has 1 aromatic heterocycles. The Kier molecular flexibility index (Phi) is 4.20. The molecule has 0 bridgehead atoms. The van der Waals surface area contributed by atoms with Crippen molar-refractivity contribution >= 4 is 5.95 Å². The van der Waals surface area contributed by atoms with E-state index in [1.807, 2.05) is 6.92 Å². The molecule has 1 aromatic rings. The van der Waals surface area contributed by atoms with Crippen LogP contribution in [0.5, 0.6) is 5.88 Å². The number of aryl methyl sites for hydroxylation is 1. The molecule has 0 spiro atoms. The maximum Gasteiger partial charge on any atom is 0.272 e. The van der Waals surface area contributed by atoms with Crippen molar-refractivity contribution in [1.82, 2.24) is 9.97 Å². The molecule has 0 saturated carbocycles. The van der Waals surface area contributed by atoms with Crippen LogP contribution in [0, 0.1) is 6.92 Å². The molecule has 0 atom stereocenters. The quantitative estimate of drug-likeness (QED) is 0.817. The fourth-order valence-corrected chi connectivity index (χ4v) is 0.999. The molecule has 15 heavy (non-hydrogen) atoms. The normalized spacial score (nSPS) is 10.5. The summed E-state index contributed by atoms with van der Waals surface area (Å²) < 4.78 is 28.6. The van der Waals surface area contributed by atoms with Gasteiger partial charge in [0.2, 0.25) is 11.8 Å². The van der Waals surface area contributed by atoms with E-state index < -0.39 is 13.0 Å². The van der Waals surface area contributed by atoms with Gasteiger partial charge in [-0.05, 0) is 13.8 Å². The molecule has 0 amide bonds. The average molecular weight is 217 g/mol. The van der Waals surface area contributed by atoms with Crippen LogP contribution in [0.2, 0.25) is 0 Å². The zero-order valence-corrected chi connectivity index (χ0v) is 8.63. The fourth-order valence-electron chi connectivity index (χ4n) is 0.999. The van der Waals surface area contributed by atoms with Gasteiger partial charge in [-0.1, -0.05) is 0 Å². The molecule has 0 aliphatic heterocycles. The number of alkyl halides is 2. The number of rotatable bonds is 5. The van der Waals surface area contributed by atoms with E-state index in [0.717, 1.165) is 0 Å². The first-order valence-electron chi connectivity index (χ1n) is 4.62. The van der Waals surface area contributed by atoms with Gasteiger partial charge in [0, 0.05) is 18.3 Å². The van der Waals surface area contributed by atoms with Crippen LogP contribution >= 0.6 is 0 Å². The minimum Gasteiger partial charge on any atom is -0.471 e. The van der Waals surface area contributed by atoms with Crippen molar-refractivity contribution in [3.8, 4) is 5.88 Å². The second-order valence-electron chi connectivity index (χ2n) is 2.90. The van der Waals surface area contributed by atoms with Gasteiger partial charge in [-0.2, -0.15) is 4.98 Å². The van der Waals surface area contributed by atoms with Crippen molar-refractivity contribution in [2.24, 2.45) is 0 Å². The van der Waals surface area contributed by atoms with Gasteiger partial charge >= 0.3 is 0 Å². The number of anilines is 1. The van der Waals surface area contributed by atoms with E-state index in [-0.39, 0.29) is 5.88 Å². The minimum absolute atomic E-state index is 0.166. The second-order valence-corrected chi connectivity index (χ2v) is 2.90. The van der Waals surface area contributed by atoms with E-state index in [4.69, 9.17) is 4.74 Å². The zero-order valence-electron chi connectivity index (χ0n) is 8.63. The monoisotopic (exact) mass is 217 g/mol. The van der Waals surface area contributed by atoms with Crippen LogP contribution in [0.4, 0.5) is 14.7 Å². The first-order chi connectivity index (χ1) is 7.11. The summed E-state index contributed by atoms with van der Waals surface area (Å²) in [6.07, 6.45) is -2.50. The van der Waals surface area contributed by atoms with Gasteiger partial charge in [-0.25, -0.2) is 13.8 Å². The lowest BCUT2D eigenvalue weighted by Crippen LogP contribution is -2.10. The van der Waals surface area contributed by atoms with Crippen LogP contribution in [-0.4, -0.2) is 29.5 Å². The summed E-state index contributed by atoms with van der Waals surface area (Å²) in [5.41, 5.74) is 0.671. The van der Waals surface area contributed by atoms with Crippen LogP contribution in [0.15, 0.2) is 6.07 Å². The van der Waals surface area contributed by atoms with Crippen molar-refractivity contribution in [3.63, 3.8) is 0 Å². The first kappa shape index (κ1) is 11.6. The Morgan fingerprint density at radius 1 is 1.47 bits per heavy atom. The number of nitrogens with one attached hydrogen (secondary N) is 1. The third-order valence-electron chi connectivity index (χ3n) is 1.52. The van der Waals surface area contributed by atoms with E-state index in [1.54, 1.807) is 6.92 Å². The van der Waals surface area contributed by atoms with E-state index in [9.17, 15) is 8.78 Å². The van der Waals surface area contributed by atoms with E-state index in [1.165, 1.54) is 6.07 Å². The summed E-state index contributed by atoms with van der Waals surface area (Å²) in [5, 5.41) is 2.89. The van der Waals surface area contributed by atoms with Gasteiger partial charge in [0.25, 0.3) is 6.43 Å². The summed E-state index contributed by atoms with van der Waals surface area (Å²) >= 11 is 0. The van der Waals surface area contributed by atoms with Crippen molar-refractivity contribution < 1.29 is 13.5 Å². The smallest absolute Gasteiger partial charge is 0.272 e. The van der Waals surface area contributed by atoms with E-state index in [2.05, 4.69) is 15.3 Å². The maximum atomic E-state index is 11.9. The van der Waals surface area contributed by atoms with Crippen LogP contribution in [0.3, 0.4) is 0 Å². The number of halogens is 2. The molecule has 1 N–H and O–H groups in total. The van der Waals surface area contributed by atoms with E-state index in [0.29, 0.717) is 18.2 Å². The Morgan fingerprint density at radius 2 is 2.20 bits per heavy atom. The highest BCUT2D eigenvalue weighted by molar-refractivity contribution is 5.30. The summed E-state index contributed by atoms with van der Waals surface area (Å²) in [7, 11) is 0. The number of hydrogen-bond donors (Lipinski definition) is 1. The molecule has 0 fully saturated rings. The molecule has 1 heterocycles. The molecule has 4 nitrogen and oxygen atoms in total. The first-order valence-corrected chi connectivity index (χ1v) is 4.62. The molecule has 0 aromatic carbocycles. The third kappa shape index (κ3) is 4.05. The van der Waals surface area contributed by atoms with Gasteiger partial charge < -0.3 is 10.1 Å². The highest BCUT2D eigenvalue weighted by Gasteiger charge is 2.06. The summed E-state index contributed by atoms with van der Waals surface area (Å²) in [6.45, 7) is 3.66. The summed E-state index contributed by atoms with van der Waals surface area (Å²) in [5.74, 6) is 0.556. The molecule has 84 valence electrons. The molecular weight excluding hydrogens is 204 g/mol. The lowest BCUT2D eigenvalue weighted by Gasteiger charge is -2.07. The largest absolute Gasteiger partial charge is 0.471 e. The number of nitrogens with zero attached hydrogens (tertiary/aromatic N) is 2. The second kappa shape index (κ2) is 5.43. The Hall–Kier alpha value is -1.46. The number of hydrogen-bond acceptors (Lipinski definition) is 4. The molecule has 0 unspecified atom stereocenters. The van der Waals surface area contributed by atoms with Crippen molar-refractivity contribution in [1.29, 1.82) is 0 Å². The van der Waals surface area contributed by atoms with Gasteiger partial charge in [-0.3, -0.25) is 0 Å². The topological polar surface area (TPSA) is 47.0 Å². The average Bonchev–Trinajstić information content (AvgIpc) is 2.14. The van der Waals surface area contributed by atoms with Gasteiger partial charge in [0.05, 0.1) is 0 Å². The van der Waals surface area contributed by atoms with Gasteiger partial charge in [0.1, 0.15) is 0 Å². The highest BCUT2D eigenvalue weighted by Crippen LogP contribution is 2.12. The fraction of sp³-hybridized carbons (Fsp3) is 0.556. The predicted octanol–water partition coefficient (Wildman–Crippen LogP) is 1.86. The number of aromatic nitrogens is 2. The van der Waals surface area contributed by atoms with Crippen molar-refractivity contribution in [2.45, 2.75) is 20.3 Å². The Balaban J connectivity index is 2.70. The standard InChI is InChI=1S/C9H13F2N3O/c1-3-12-9-13-6(2)4-8(14-9)15-5-7(10)11/h4,7H,3,5H2,1-2H3,(H,12,13,14). The van der Waals surface area contributed by atoms with Crippen LogP contribution < -0.4 is 10.1 Å². The Morgan fingerprint density at radius 3 is 2.80 bits per heavy atom. The molecule has 6 heteroatoms. The van der Waals surface area contributed by atoms with Crippen molar-refractivity contribution in [3.05, 3.63) is 11.8 Å². The minimum atomic E-state index is -2.50. The molecule has 0 saturated heterocycles. The van der Waals surface area contributed by atoms with Crippen molar-refractivity contribution in [2.75, 3.05) is 18.5 Å². The predicted molar refractivity (Wildman–Crippen MR) is 52.4 cm³/mol. The van der Waals surface area contributed by atoms with E-state index >= 15 is 0 Å². The molecule has 0 aliphatic rings. The SMILES string of the molecule is CCNc1nc(C)cc(OCC(F)F)n1. The molecular formula is C9H13F2N3O. The zero-order chi connectivity index (χ0) is 11.3.